The van der Waals surface area contributed by atoms with Crippen LogP contribution in [0.3, 0.4) is 0 Å². The van der Waals surface area contributed by atoms with Gasteiger partial charge in [0.05, 0.1) is 5.56 Å². The monoisotopic (exact) mass is 345 g/mol. The Morgan fingerprint density at radius 1 is 1.21 bits per heavy atom. The Morgan fingerprint density at radius 2 is 1.92 bits per heavy atom. The van der Waals surface area contributed by atoms with Crippen molar-refractivity contribution in [2.75, 3.05) is 5.32 Å². The zero-order valence-corrected chi connectivity index (χ0v) is 13.4. The van der Waals surface area contributed by atoms with Gasteiger partial charge in [-0.1, -0.05) is 12.1 Å². The van der Waals surface area contributed by atoms with Crippen molar-refractivity contribution >= 4 is 34.3 Å². The summed E-state index contributed by atoms with van der Waals surface area (Å²) in [5, 5.41) is 16.3. The van der Waals surface area contributed by atoms with Crippen LogP contribution in [0, 0.1) is 5.92 Å². The van der Waals surface area contributed by atoms with E-state index in [1.165, 1.54) is 23.5 Å². The third-order valence-electron chi connectivity index (χ3n) is 3.57. The number of hydrogen-bond acceptors (Lipinski definition) is 5. The van der Waals surface area contributed by atoms with Crippen molar-refractivity contribution in [3.05, 3.63) is 46.5 Å². The maximum Gasteiger partial charge on any atom is 0.335 e. The second kappa shape index (κ2) is 6.79. The first-order chi connectivity index (χ1) is 11.5. The Hall–Kier alpha value is -2.74. The Kier molecular flexibility index (Phi) is 4.57. The van der Waals surface area contributed by atoms with E-state index in [4.69, 9.17) is 5.11 Å². The van der Waals surface area contributed by atoms with Crippen LogP contribution in [-0.2, 0) is 11.3 Å². The maximum atomic E-state index is 12.1. The van der Waals surface area contributed by atoms with Gasteiger partial charge in [0.2, 0.25) is 5.91 Å². The van der Waals surface area contributed by atoms with Gasteiger partial charge < -0.3 is 15.7 Å². The predicted molar refractivity (Wildman–Crippen MR) is 88.0 cm³/mol. The number of amides is 2. The molecule has 3 rings (SSSR count). The molecule has 0 atom stereocenters. The van der Waals surface area contributed by atoms with Crippen LogP contribution in [0.4, 0.5) is 5.13 Å². The average molecular weight is 345 g/mol. The molecule has 1 heterocycles. The number of aromatic nitrogens is 1. The minimum absolute atomic E-state index is 0.0465. The molecule has 1 saturated carbocycles. The zero-order valence-electron chi connectivity index (χ0n) is 12.6. The van der Waals surface area contributed by atoms with Gasteiger partial charge in [0.15, 0.2) is 5.13 Å². The molecule has 0 spiro atoms. The van der Waals surface area contributed by atoms with Crippen LogP contribution in [0.15, 0.2) is 29.6 Å². The Balaban J connectivity index is 1.53. The fraction of sp³-hybridized carbons (Fsp3) is 0.250. The van der Waals surface area contributed by atoms with Gasteiger partial charge in [0, 0.05) is 17.8 Å². The van der Waals surface area contributed by atoms with E-state index < -0.39 is 5.97 Å². The normalized spacial score (nSPS) is 13.3. The van der Waals surface area contributed by atoms with E-state index in [0.29, 0.717) is 5.13 Å². The van der Waals surface area contributed by atoms with Gasteiger partial charge in [0.25, 0.3) is 5.91 Å². The molecule has 0 saturated heterocycles. The molecule has 8 heteroatoms. The number of thiazole rings is 1. The summed E-state index contributed by atoms with van der Waals surface area (Å²) in [6.45, 7) is 0.264. The van der Waals surface area contributed by atoms with Crippen LogP contribution >= 0.6 is 11.3 Å². The first-order valence-electron chi connectivity index (χ1n) is 7.40. The maximum absolute atomic E-state index is 12.1. The van der Waals surface area contributed by atoms with Crippen LogP contribution in [0.1, 0.15) is 39.3 Å². The van der Waals surface area contributed by atoms with Crippen molar-refractivity contribution in [1.29, 1.82) is 0 Å². The van der Waals surface area contributed by atoms with Crippen molar-refractivity contribution < 1.29 is 19.5 Å². The molecular weight excluding hydrogens is 330 g/mol. The van der Waals surface area contributed by atoms with Crippen LogP contribution in [0.5, 0.6) is 0 Å². The number of aromatic carboxylic acids is 1. The SMILES string of the molecule is O=C(O)c1ccc(CNC(=O)c2csc(NC(=O)C3CC3)n2)cc1. The number of carbonyl (C=O) groups excluding carboxylic acids is 2. The quantitative estimate of drug-likeness (QED) is 0.743. The molecule has 24 heavy (non-hydrogen) atoms. The lowest BCUT2D eigenvalue weighted by atomic mass is 10.1. The van der Waals surface area contributed by atoms with Gasteiger partial charge in [-0.05, 0) is 30.5 Å². The van der Waals surface area contributed by atoms with Gasteiger partial charge in [-0.2, -0.15) is 0 Å². The Morgan fingerprint density at radius 3 is 2.54 bits per heavy atom. The number of anilines is 1. The fourth-order valence-electron chi connectivity index (χ4n) is 2.03. The van der Waals surface area contributed by atoms with E-state index in [2.05, 4.69) is 15.6 Å². The number of nitrogens with one attached hydrogen (secondary N) is 2. The third-order valence-corrected chi connectivity index (χ3v) is 4.33. The van der Waals surface area contributed by atoms with Crippen LogP contribution in [0.25, 0.3) is 0 Å². The first kappa shape index (κ1) is 16.1. The molecule has 1 fully saturated rings. The summed E-state index contributed by atoms with van der Waals surface area (Å²) in [4.78, 5) is 38.6. The second-order valence-corrected chi connectivity index (χ2v) is 6.34. The topological polar surface area (TPSA) is 108 Å². The first-order valence-corrected chi connectivity index (χ1v) is 8.27. The van der Waals surface area contributed by atoms with Crippen molar-refractivity contribution in [3.63, 3.8) is 0 Å². The lowest BCUT2D eigenvalue weighted by molar-refractivity contribution is -0.117. The molecule has 1 aliphatic rings. The third kappa shape index (κ3) is 3.96. The number of carbonyl (C=O) groups is 3. The van der Waals surface area contributed by atoms with E-state index >= 15 is 0 Å². The number of hydrogen-bond donors (Lipinski definition) is 3. The molecule has 3 N–H and O–H groups in total. The number of rotatable bonds is 6. The highest BCUT2D eigenvalue weighted by Crippen LogP contribution is 2.30. The lowest BCUT2D eigenvalue weighted by Crippen LogP contribution is -2.23. The number of carboxylic acid groups (broad SMARTS) is 1. The molecule has 2 amide bonds. The minimum Gasteiger partial charge on any atom is -0.478 e. The van der Waals surface area contributed by atoms with E-state index in [0.717, 1.165) is 18.4 Å². The second-order valence-electron chi connectivity index (χ2n) is 5.49. The lowest BCUT2D eigenvalue weighted by Gasteiger charge is -2.04. The summed E-state index contributed by atoms with van der Waals surface area (Å²) in [5.41, 5.74) is 1.22. The van der Waals surface area contributed by atoms with E-state index in [-0.39, 0.29) is 35.5 Å². The highest BCUT2D eigenvalue weighted by Gasteiger charge is 2.30. The highest BCUT2D eigenvalue weighted by atomic mass is 32.1. The van der Waals surface area contributed by atoms with Gasteiger partial charge in [-0.25, -0.2) is 9.78 Å². The summed E-state index contributed by atoms with van der Waals surface area (Å²) < 4.78 is 0. The predicted octanol–water partition coefficient (Wildman–Crippen LogP) is 2.12. The van der Waals surface area contributed by atoms with E-state index in [1.807, 2.05) is 0 Å². The van der Waals surface area contributed by atoms with Crippen molar-refractivity contribution in [2.45, 2.75) is 19.4 Å². The summed E-state index contributed by atoms with van der Waals surface area (Å²) in [5.74, 6) is -1.30. The molecular formula is C16H15N3O4S. The summed E-state index contributed by atoms with van der Waals surface area (Å²) >= 11 is 1.21. The van der Waals surface area contributed by atoms with E-state index in [1.54, 1.807) is 17.5 Å². The Labute approximate surface area is 141 Å². The summed E-state index contributed by atoms with van der Waals surface area (Å²) in [6.07, 6.45) is 1.82. The molecule has 2 aromatic rings. The molecule has 7 nitrogen and oxygen atoms in total. The summed E-state index contributed by atoms with van der Waals surface area (Å²) in [7, 11) is 0. The van der Waals surface area contributed by atoms with Crippen molar-refractivity contribution in [2.24, 2.45) is 5.92 Å². The van der Waals surface area contributed by atoms with Gasteiger partial charge >= 0.3 is 5.97 Å². The van der Waals surface area contributed by atoms with Crippen molar-refractivity contribution in [3.8, 4) is 0 Å². The average Bonchev–Trinajstić information content (AvgIpc) is 3.33. The standard InChI is InChI=1S/C16H15N3O4S/c20-13(10-5-6-10)19-16-18-12(8-24-16)14(21)17-7-9-1-3-11(4-2-9)15(22)23/h1-4,8,10H,5-7H2,(H,17,21)(H,22,23)(H,18,19,20). The number of nitrogens with zero attached hydrogens (tertiary/aromatic N) is 1. The molecule has 0 aliphatic heterocycles. The molecule has 0 bridgehead atoms. The Bertz CT molecular complexity index is 781. The largest absolute Gasteiger partial charge is 0.478 e. The highest BCUT2D eigenvalue weighted by molar-refractivity contribution is 7.14. The fourth-order valence-corrected chi connectivity index (χ4v) is 2.72. The van der Waals surface area contributed by atoms with E-state index in [9.17, 15) is 14.4 Å². The molecule has 0 radical (unpaired) electrons. The minimum atomic E-state index is -0.992. The molecule has 124 valence electrons. The zero-order chi connectivity index (χ0) is 17.1. The number of carboxylic acids is 1. The van der Waals surface area contributed by atoms with Crippen molar-refractivity contribution in [1.82, 2.24) is 10.3 Å². The van der Waals surface area contributed by atoms with Crippen LogP contribution < -0.4 is 10.6 Å². The van der Waals surface area contributed by atoms with Gasteiger partial charge in [-0.15, -0.1) is 11.3 Å². The molecule has 1 aromatic carbocycles. The van der Waals surface area contributed by atoms with Gasteiger partial charge in [-0.3, -0.25) is 9.59 Å². The molecule has 0 unspecified atom stereocenters. The smallest absolute Gasteiger partial charge is 0.335 e. The summed E-state index contributed by atoms with van der Waals surface area (Å²) in [6, 6.07) is 6.26. The molecule has 1 aliphatic carbocycles. The number of benzene rings is 1. The van der Waals surface area contributed by atoms with Crippen LogP contribution in [-0.4, -0.2) is 27.9 Å². The van der Waals surface area contributed by atoms with Gasteiger partial charge in [0.1, 0.15) is 5.69 Å². The molecule has 1 aromatic heterocycles. The van der Waals surface area contributed by atoms with Crippen LogP contribution in [0.2, 0.25) is 0 Å².